The topological polar surface area (TPSA) is 126 Å². The third-order valence-electron chi connectivity index (χ3n) is 5.80. The standard InChI is InChI=1S/C25H28N2O4.C2H4O2/c26-18-10-17-25(15-8-3-9-16-25)19-27-24(29)31-23(21-13-6-2-7-14-21)30-22(28)20-11-4-1-5-12-20;1-2(3)4/h1-2,4-7,11-14,23H,3,8-10,15-17,19H2,(H,27,29);1H3,(H,3,4). The number of nitrogens with zero attached hydrogens (tertiary/aromatic N) is 1. The molecule has 8 nitrogen and oxygen atoms in total. The molecule has 3 rings (SSSR count). The summed E-state index contributed by atoms with van der Waals surface area (Å²) in [5, 5.41) is 19.3. The van der Waals surface area contributed by atoms with E-state index < -0.39 is 24.3 Å². The number of carboxylic acid groups (broad SMARTS) is 1. The van der Waals surface area contributed by atoms with Gasteiger partial charge in [-0.25, -0.2) is 9.59 Å². The van der Waals surface area contributed by atoms with Crippen LogP contribution in [-0.2, 0) is 14.3 Å². The van der Waals surface area contributed by atoms with E-state index in [2.05, 4.69) is 11.4 Å². The van der Waals surface area contributed by atoms with Crippen molar-refractivity contribution >= 4 is 18.0 Å². The Balaban J connectivity index is 0.00000100. The fourth-order valence-corrected chi connectivity index (χ4v) is 4.05. The van der Waals surface area contributed by atoms with Gasteiger partial charge in [0.05, 0.1) is 11.6 Å². The van der Waals surface area contributed by atoms with Crippen LogP contribution in [0.25, 0.3) is 0 Å². The molecule has 186 valence electrons. The fraction of sp³-hybridized carbons (Fsp3) is 0.407. The number of benzene rings is 2. The van der Waals surface area contributed by atoms with Gasteiger partial charge in [-0.1, -0.05) is 67.8 Å². The summed E-state index contributed by atoms with van der Waals surface area (Å²) >= 11 is 0. The molecule has 0 aliphatic heterocycles. The molecule has 0 bridgehead atoms. The van der Waals surface area contributed by atoms with E-state index in [9.17, 15) is 9.59 Å². The fourth-order valence-electron chi connectivity index (χ4n) is 4.05. The highest BCUT2D eigenvalue weighted by Crippen LogP contribution is 2.39. The molecule has 2 aromatic rings. The molecule has 0 spiro atoms. The zero-order valence-corrected chi connectivity index (χ0v) is 19.9. The molecule has 1 atom stereocenters. The molecule has 0 radical (unpaired) electrons. The molecule has 0 heterocycles. The largest absolute Gasteiger partial charge is 0.481 e. The summed E-state index contributed by atoms with van der Waals surface area (Å²) in [5.74, 6) is -1.40. The Kier molecular flexibility index (Phi) is 11.3. The van der Waals surface area contributed by atoms with E-state index >= 15 is 0 Å². The third kappa shape index (κ3) is 9.88. The number of alkyl carbamates (subject to hydrolysis) is 1. The first kappa shape index (κ1) is 27.4. The Morgan fingerprint density at radius 1 is 1.00 bits per heavy atom. The molecule has 1 amide bonds. The van der Waals surface area contributed by atoms with Crippen molar-refractivity contribution in [3.63, 3.8) is 0 Å². The zero-order valence-electron chi connectivity index (χ0n) is 19.9. The number of nitrogens with one attached hydrogen (secondary N) is 1. The second-order valence-corrected chi connectivity index (χ2v) is 8.51. The monoisotopic (exact) mass is 480 g/mol. The van der Waals surface area contributed by atoms with Crippen molar-refractivity contribution in [1.29, 1.82) is 5.26 Å². The van der Waals surface area contributed by atoms with Gasteiger partial charge >= 0.3 is 12.1 Å². The summed E-state index contributed by atoms with van der Waals surface area (Å²) in [5.41, 5.74) is 0.875. The van der Waals surface area contributed by atoms with E-state index in [1.54, 1.807) is 48.5 Å². The first-order valence-corrected chi connectivity index (χ1v) is 11.7. The van der Waals surface area contributed by atoms with E-state index in [4.69, 9.17) is 24.6 Å². The molecule has 8 heteroatoms. The molecule has 0 saturated heterocycles. The van der Waals surface area contributed by atoms with Gasteiger partial charge in [0.1, 0.15) is 0 Å². The zero-order chi connectivity index (χ0) is 25.5. The summed E-state index contributed by atoms with van der Waals surface area (Å²) in [6.07, 6.45) is 4.79. The van der Waals surface area contributed by atoms with Crippen molar-refractivity contribution in [2.75, 3.05) is 6.54 Å². The molecule has 1 aliphatic rings. The number of aliphatic carboxylic acids is 1. The number of hydrogen-bond acceptors (Lipinski definition) is 6. The van der Waals surface area contributed by atoms with Crippen molar-refractivity contribution in [3.05, 3.63) is 71.8 Å². The number of nitriles is 1. The lowest BCUT2D eigenvalue weighted by Crippen LogP contribution is -2.39. The predicted molar refractivity (Wildman–Crippen MR) is 129 cm³/mol. The number of rotatable bonds is 8. The molecular formula is C27H32N2O6. The maximum Gasteiger partial charge on any atom is 0.410 e. The van der Waals surface area contributed by atoms with Crippen LogP contribution >= 0.6 is 0 Å². The number of amides is 1. The van der Waals surface area contributed by atoms with Gasteiger partial charge in [-0.05, 0) is 36.8 Å². The van der Waals surface area contributed by atoms with Gasteiger partial charge in [0.25, 0.3) is 12.3 Å². The molecule has 1 aliphatic carbocycles. The van der Waals surface area contributed by atoms with Crippen molar-refractivity contribution in [2.24, 2.45) is 5.41 Å². The Morgan fingerprint density at radius 2 is 1.57 bits per heavy atom. The first-order chi connectivity index (χ1) is 16.8. The minimum absolute atomic E-state index is 0.0735. The van der Waals surface area contributed by atoms with Crippen LogP contribution in [0.3, 0.4) is 0 Å². The molecule has 0 aromatic heterocycles. The lowest BCUT2D eigenvalue weighted by molar-refractivity contribution is -0.134. The first-order valence-electron chi connectivity index (χ1n) is 11.7. The molecule has 1 fully saturated rings. The highest BCUT2D eigenvalue weighted by atomic mass is 16.7. The molecule has 2 aromatic carbocycles. The molecule has 1 unspecified atom stereocenters. The van der Waals surface area contributed by atoms with Gasteiger partial charge in [-0.3, -0.25) is 4.79 Å². The smallest absolute Gasteiger partial charge is 0.410 e. The average molecular weight is 481 g/mol. The van der Waals surface area contributed by atoms with Crippen LogP contribution in [-0.4, -0.2) is 29.7 Å². The molecule has 35 heavy (non-hydrogen) atoms. The van der Waals surface area contributed by atoms with Crippen molar-refractivity contribution in [3.8, 4) is 6.07 Å². The second kappa shape index (κ2) is 14.4. The van der Waals surface area contributed by atoms with Crippen LogP contribution in [0.4, 0.5) is 4.79 Å². The number of esters is 1. The summed E-state index contributed by atoms with van der Waals surface area (Å²) in [6.45, 7) is 1.53. The van der Waals surface area contributed by atoms with E-state index in [0.717, 1.165) is 39.0 Å². The molecule has 1 saturated carbocycles. The molecular weight excluding hydrogens is 448 g/mol. The van der Waals surface area contributed by atoms with Crippen LogP contribution in [0.5, 0.6) is 0 Å². The average Bonchev–Trinajstić information content (AvgIpc) is 2.87. The van der Waals surface area contributed by atoms with E-state index in [1.165, 1.54) is 6.42 Å². The summed E-state index contributed by atoms with van der Waals surface area (Å²) in [6, 6.07) is 19.7. The van der Waals surface area contributed by atoms with Gasteiger partial charge in [0.2, 0.25) is 0 Å². The minimum atomic E-state index is -1.16. The maximum atomic E-state index is 12.6. The lowest BCUT2D eigenvalue weighted by Gasteiger charge is -2.37. The number of carboxylic acids is 1. The molecule has 2 N–H and O–H groups in total. The van der Waals surface area contributed by atoms with Gasteiger partial charge < -0.3 is 19.9 Å². The number of carbonyl (C=O) groups excluding carboxylic acids is 2. The minimum Gasteiger partial charge on any atom is -0.481 e. The Morgan fingerprint density at radius 3 is 2.14 bits per heavy atom. The number of ether oxygens (including phenoxy) is 2. The van der Waals surface area contributed by atoms with E-state index in [-0.39, 0.29) is 5.41 Å². The lowest BCUT2D eigenvalue weighted by atomic mass is 9.71. The van der Waals surface area contributed by atoms with Crippen LogP contribution in [0.1, 0.15) is 74.1 Å². The predicted octanol–water partition coefficient (Wildman–Crippen LogP) is 5.61. The third-order valence-corrected chi connectivity index (χ3v) is 5.80. The summed E-state index contributed by atoms with van der Waals surface area (Å²) in [7, 11) is 0. The van der Waals surface area contributed by atoms with Crippen LogP contribution in [0, 0.1) is 16.7 Å². The SMILES string of the molecule is CC(=O)O.N#CCCC1(CNC(=O)OC(OC(=O)c2ccccc2)c2ccccc2)CCCCC1. The van der Waals surface area contributed by atoms with Crippen LogP contribution in [0.15, 0.2) is 60.7 Å². The summed E-state index contributed by atoms with van der Waals surface area (Å²) < 4.78 is 11.0. The van der Waals surface area contributed by atoms with Crippen LogP contribution in [0.2, 0.25) is 0 Å². The highest BCUT2D eigenvalue weighted by molar-refractivity contribution is 5.89. The highest BCUT2D eigenvalue weighted by Gasteiger charge is 2.32. The van der Waals surface area contributed by atoms with Gasteiger partial charge in [0, 0.05) is 25.5 Å². The normalized spacial score (nSPS) is 14.7. The van der Waals surface area contributed by atoms with E-state index in [1.807, 2.05) is 12.1 Å². The second-order valence-electron chi connectivity index (χ2n) is 8.51. The number of hydrogen-bond donors (Lipinski definition) is 2. The Bertz CT molecular complexity index is 978. The van der Waals surface area contributed by atoms with Crippen molar-refractivity contribution in [2.45, 2.75) is 58.2 Å². The Labute approximate surface area is 205 Å². The Hall–Kier alpha value is -3.86. The van der Waals surface area contributed by atoms with Gasteiger partial charge in [0.15, 0.2) is 0 Å². The van der Waals surface area contributed by atoms with Gasteiger partial charge in [-0.15, -0.1) is 0 Å². The van der Waals surface area contributed by atoms with Crippen molar-refractivity contribution in [1.82, 2.24) is 5.32 Å². The van der Waals surface area contributed by atoms with Crippen molar-refractivity contribution < 1.29 is 29.0 Å². The summed E-state index contributed by atoms with van der Waals surface area (Å²) in [4.78, 5) is 34.1. The van der Waals surface area contributed by atoms with E-state index in [0.29, 0.717) is 24.1 Å². The maximum absolute atomic E-state index is 12.6. The van der Waals surface area contributed by atoms with Gasteiger partial charge in [-0.2, -0.15) is 5.26 Å². The quantitative estimate of drug-likeness (QED) is 0.371. The number of carbonyl (C=O) groups is 3. The van der Waals surface area contributed by atoms with Crippen LogP contribution < -0.4 is 5.32 Å².